The Morgan fingerprint density at radius 3 is 2.54 bits per heavy atom. The average Bonchev–Trinajstić information content (AvgIpc) is 3.19. The van der Waals surface area contributed by atoms with Crippen LogP contribution in [0.25, 0.3) is 22.6 Å². The van der Waals surface area contributed by atoms with Crippen LogP contribution in [-0.4, -0.2) is 45.7 Å². The van der Waals surface area contributed by atoms with Crippen LogP contribution in [-0.2, 0) is 6.42 Å². The minimum atomic E-state index is 0.556. The van der Waals surface area contributed by atoms with Gasteiger partial charge in [0.1, 0.15) is 23.4 Å². The lowest BCUT2D eigenvalue weighted by Gasteiger charge is -2.07. The van der Waals surface area contributed by atoms with Gasteiger partial charge in [-0.3, -0.25) is 0 Å². The number of methoxy groups -OCH3 is 2. The Morgan fingerprint density at radius 1 is 0.964 bits per heavy atom. The van der Waals surface area contributed by atoms with Crippen molar-refractivity contribution in [3.8, 4) is 23.0 Å². The lowest BCUT2D eigenvalue weighted by atomic mass is 10.1. The van der Waals surface area contributed by atoms with E-state index in [9.17, 15) is 0 Å². The Morgan fingerprint density at radius 2 is 1.82 bits per heavy atom. The minimum absolute atomic E-state index is 0.556. The zero-order valence-electron chi connectivity index (χ0n) is 15.6. The molecule has 3 aromatic heterocycles. The quantitative estimate of drug-likeness (QED) is 0.511. The molecule has 0 aliphatic rings. The van der Waals surface area contributed by atoms with E-state index in [0.29, 0.717) is 17.4 Å². The summed E-state index contributed by atoms with van der Waals surface area (Å²) >= 11 is 0. The zero-order valence-corrected chi connectivity index (χ0v) is 15.6. The monoisotopic (exact) mass is 376 g/mol. The van der Waals surface area contributed by atoms with Crippen molar-refractivity contribution in [3.63, 3.8) is 0 Å². The van der Waals surface area contributed by atoms with Crippen LogP contribution in [0, 0.1) is 0 Å². The van der Waals surface area contributed by atoms with Crippen LogP contribution in [0.5, 0.6) is 11.6 Å². The molecule has 142 valence electrons. The van der Waals surface area contributed by atoms with E-state index in [2.05, 4.69) is 42.4 Å². The Kier molecular flexibility index (Phi) is 5.01. The normalized spacial score (nSPS) is 10.8. The number of ether oxygens (including phenoxy) is 2. The number of anilines is 1. The number of nitrogens with one attached hydrogen (secondary N) is 2. The third-order valence-electron chi connectivity index (χ3n) is 4.37. The fourth-order valence-electron chi connectivity index (χ4n) is 2.86. The van der Waals surface area contributed by atoms with Crippen LogP contribution in [0.4, 0.5) is 5.82 Å². The molecule has 0 aliphatic carbocycles. The van der Waals surface area contributed by atoms with Crippen molar-refractivity contribution in [1.82, 2.24) is 24.9 Å². The fraction of sp³-hybridized carbons (Fsp3) is 0.200. The Balaban J connectivity index is 1.49. The number of fused-ring (bicyclic) bond motifs is 1. The number of aromatic nitrogens is 5. The van der Waals surface area contributed by atoms with Crippen molar-refractivity contribution in [1.29, 1.82) is 0 Å². The fourth-order valence-corrected chi connectivity index (χ4v) is 2.86. The van der Waals surface area contributed by atoms with E-state index in [1.807, 2.05) is 18.2 Å². The molecule has 0 spiro atoms. The van der Waals surface area contributed by atoms with E-state index in [-0.39, 0.29) is 0 Å². The molecule has 4 rings (SSSR count). The largest absolute Gasteiger partial charge is 0.497 e. The van der Waals surface area contributed by atoms with E-state index in [1.54, 1.807) is 26.5 Å². The summed E-state index contributed by atoms with van der Waals surface area (Å²) < 4.78 is 10.3. The maximum Gasteiger partial charge on any atom is 0.212 e. The second kappa shape index (κ2) is 7.91. The maximum atomic E-state index is 5.19. The van der Waals surface area contributed by atoms with Crippen molar-refractivity contribution in [2.24, 2.45) is 0 Å². The number of aromatic amines is 1. The zero-order chi connectivity index (χ0) is 19.3. The summed E-state index contributed by atoms with van der Waals surface area (Å²) in [6.45, 7) is 0.733. The molecule has 8 heteroatoms. The van der Waals surface area contributed by atoms with Crippen LogP contribution in [0.3, 0.4) is 0 Å². The van der Waals surface area contributed by atoms with Crippen molar-refractivity contribution < 1.29 is 9.47 Å². The van der Waals surface area contributed by atoms with Crippen LogP contribution < -0.4 is 14.8 Å². The predicted octanol–water partition coefficient (Wildman–Crippen LogP) is 3.09. The number of nitrogens with zero attached hydrogens (tertiary/aromatic N) is 4. The molecule has 0 atom stereocenters. The number of pyridine rings is 1. The van der Waals surface area contributed by atoms with Crippen LogP contribution in [0.2, 0.25) is 0 Å². The molecule has 3 heterocycles. The topological polar surface area (TPSA) is 97.8 Å². The molecule has 0 unspecified atom stereocenters. The van der Waals surface area contributed by atoms with Crippen LogP contribution >= 0.6 is 0 Å². The SMILES string of the molecule is COc1ccc(CCNc2ncnc3nc(-c4ccc(OC)nc4)[nH]c23)cc1. The van der Waals surface area contributed by atoms with E-state index < -0.39 is 0 Å². The molecule has 28 heavy (non-hydrogen) atoms. The number of imidazole rings is 1. The van der Waals surface area contributed by atoms with Gasteiger partial charge in [-0.15, -0.1) is 0 Å². The van der Waals surface area contributed by atoms with Crippen molar-refractivity contribution in [3.05, 3.63) is 54.5 Å². The number of hydrogen-bond acceptors (Lipinski definition) is 7. The summed E-state index contributed by atoms with van der Waals surface area (Å²) in [6, 6.07) is 11.7. The number of rotatable bonds is 7. The molecule has 2 N–H and O–H groups in total. The maximum absolute atomic E-state index is 5.19. The third kappa shape index (κ3) is 3.71. The third-order valence-corrected chi connectivity index (χ3v) is 4.37. The average molecular weight is 376 g/mol. The highest BCUT2D eigenvalue weighted by molar-refractivity contribution is 5.85. The van der Waals surface area contributed by atoms with Crippen LogP contribution in [0.1, 0.15) is 5.56 Å². The molecule has 0 radical (unpaired) electrons. The van der Waals surface area contributed by atoms with Gasteiger partial charge >= 0.3 is 0 Å². The smallest absolute Gasteiger partial charge is 0.212 e. The van der Waals surface area contributed by atoms with Crippen molar-refractivity contribution in [2.45, 2.75) is 6.42 Å². The van der Waals surface area contributed by atoms with Crippen molar-refractivity contribution in [2.75, 3.05) is 26.1 Å². The summed E-state index contributed by atoms with van der Waals surface area (Å²) in [4.78, 5) is 20.7. The summed E-state index contributed by atoms with van der Waals surface area (Å²) in [5.74, 6) is 2.82. The summed E-state index contributed by atoms with van der Waals surface area (Å²) in [5, 5.41) is 3.36. The van der Waals surface area contributed by atoms with Gasteiger partial charge in [0, 0.05) is 24.4 Å². The Bertz CT molecular complexity index is 1060. The van der Waals surface area contributed by atoms with Gasteiger partial charge in [0.2, 0.25) is 5.88 Å². The molecule has 0 fully saturated rings. The summed E-state index contributed by atoms with van der Waals surface area (Å²) in [5.41, 5.74) is 3.44. The lowest BCUT2D eigenvalue weighted by molar-refractivity contribution is 0.398. The minimum Gasteiger partial charge on any atom is -0.497 e. The van der Waals surface area contributed by atoms with Gasteiger partial charge in [-0.05, 0) is 30.2 Å². The molecular weight excluding hydrogens is 356 g/mol. The molecule has 0 bridgehead atoms. The van der Waals surface area contributed by atoms with E-state index in [0.717, 1.165) is 35.6 Å². The molecule has 0 aliphatic heterocycles. The van der Waals surface area contributed by atoms with Crippen LogP contribution in [0.15, 0.2) is 48.9 Å². The number of H-pyrrole nitrogens is 1. The van der Waals surface area contributed by atoms with Gasteiger partial charge in [-0.2, -0.15) is 0 Å². The van der Waals surface area contributed by atoms with Gasteiger partial charge < -0.3 is 19.8 Å². The van der Waals surface area contributed by atoms with Gasteiger partial charge in [-0.25, -0.2) is 19.9 Å². The molecule has 4 aromatic rings. The highest BCUT2D eigenvalue weighted by Crippen LogP contribution is 2.23. The Labute approximate surface area is 162 Å². The molecule has 1 aromatic carbocycles. The second-order valence-corrected chi connectivity index (χ2v) is 6.12. The van der Waals surface area contributed by atoms with Crippen molar-refractivity contribution >= 4 is 17.0 Å². The van der Waals surface area contributed by atoms with E-state index in [4.69, 9.17) is 9.47 Å². The number of benzene rings is 1. The highest BCUT2D eigenvalue weighted by atomic mass is 16.5. The standard InChI is InChI=1S/C20H20N6O2/c1-27-15-6-3-13(4-7-15)9-10-21-19-17-20(24-12-23-19)26-18(25-17)14-5-8-16(28-2)22-11-14/h3-8,11-12H,9-10H2,1-2H3,(H2,21,23,24,25,26). The first-order valence-corrected chi connectivity index (χ1v) is 8.85. The molecule has 0 amide bonds. The first kappa shape index (κ1) is 17.7. The van der Waals surface area contributed by atoms with Gasteiger partial charge in [-0.1, -0.05) is 12.1 Å². The van der Waals surface area contributed by atoms with E-state index in [1.165, 1.54) is 11.9 Å². The first-order valence-electron chi connectivity index (χ1n) is 8.85. The van der Waals surface area contributed by atoms with E-state index >= 15 is 0 Å². The lowest BCUT2D eigenvalue weighted by Crippen LogP contribution is -2.07. The summed E-state index contributed by atoms with van der Waals surface area (Å²) in [6.07, 6.45) is 4.08. The second-order valence-electron chi connectivity index (χ2n) is 6.12. The molecule has 0 saturated carbocycles. The van der Waals surface area contributed by atoms with Gasteiger partial charge in [0.15, 0.2) is 11.5 Å². The van der Waals surface area contributed by atoms with Gasteiger partial charge in [0.05, 0.1) is 14.2 Å². The molecule has 8 nitrogen and oxygen atoms in total. The first-order chi connectivity index (χ1) is 13.8. The van der Waals surface area contributed by atoms with Gasteiger partial charge in [0.25, 0.3) is 0 Å². The number of hydrogen-bond donors (Lipinski definition) is 2. The highest BCUT2D eigenvalue weighted by Gasteiger charge is 2.11. The molecule has 0 saturated heterocycles. The molecular formula is C20H20N6O2. The predicted molar refractivity (Wildman–Crippen MR) is 107 cm³/mol. The Hall–Kier alpha value is -3.68. The summed E-state index contributed by atoms with van der Waals surface area (Å²) in [7, 11) is 3.25.